The van der Waals surface area contributed by atoms with Gasteiger partial charge < -0.3 is 0 Å². The molecule has 0 radical (unpaired) electrons. The normalized spacial score (nSPS) is 27.9. The zero-order valence-corrected chi connectivity index (χ0v) is 12.8. The summed E-state index contributed by atoms with van der Waals surface area (Å²) in [4.78, 5) is 15.3. The van der Waals surface area contributed by atoms with Crippen molar-refractivity contribution in [3.8, 4) is 0 Å². The van der Waals surface area contributed by atoms with Crippen LogP contribution < -0.4 is 0 Å². The fraction of sp³-hybridized carbons (Fsp3) is 0.588. The van der Waals surface area contributed by atoms with Gasteiger partial charge in [0.25, 0.3) is 0 Å². The summed E-state index contributed by atoms with van der Waals surface area (Å²) >= 11 is 0. The number of Topliss-reactive ketones (excluding diaryl/α,β-unsaturated/α-hetero) is 1. The lowest BCUT2D eigenvalue weighted by Gasteiger charge is -2.47. The Bertz CT molecular complexity index is 442. The number of hydrogen-bond donors (Lipinski definition) is 0. The van der Waals surface area contributed by atoms with Crippen molar-refractivity contribution >= 4 is 18.2 Å². The molecule has 1 saturated heterocycles. The third-order valence-corrected chi connectivity index (χ3v) is 4.80. The van der Waals surface area contributed by atoms with Crippen molar-refractivity contribution in [2.45, 2.75) is 50.5 Å². The van der Waals surface area contributed by atoms with Crippen LogP contribution in [0.15, 0.2) is 30.3 Å². The second-order valence-electron chi connectivity index (χ2n) is 5.90. The molecule has 1 heterocycles. The molecule has 110 valence electrons. The van der Waals surface area contributed by atoms with E-state index in [-0.39, 0.29) is 17.9 Å². The molecule has 2 aliphatic rings. The Morgan fingerprint density at radius 2 is 1.60 bits per heavy atom. The van der Waals surface area contributed by atoms with Gasteiger partial charge in [-0.3, -0.25) is 9.69 Å². The molecule has 1 saturated carbocycles. The largest absolute Gasteiger partial charge is 0.297 e. The molecule has 20 heavy (non-hydrogen) atoms. The summed E-state index contributed by atoms with van der Waals surface area (Å²) < 4.78 is 0. The molecule has 3 heteroatoms. The van der Waals surface area contributed by atoms with Gasteiger partial charge in [0, 0.05) is 6.42 Å². The van der Waals surface area contributed by atoms with E-state index in [9.17, 15) is 4.79 Å². The molecule has 1 atom stereocenters. The minimum absolute atomic E-state index is 0. The summed E-state index contributed by atoms with van der Waals surface area (Å²) in [6, 6.07) is 10.5. The number of rotatable bonds is 2. The van der Waals surface area contributed by atoms with Gasteiger partial charge in [0.15, 0.2) is 5.78 Å². The second kappa shape index (κ2) is 6.73. The van der Waals surface area contributed by atoms with E-state index >= 15 is 0 Å². The zero-order valence-electron chi connectivity index (χ0n) is 12.0. The topological polar surface area (TPSA) is 20.3 Å². The van der Waals surface area contributed by atoms with Crippen LogP contribution in [0.5, 0.6) is 0 Å². The van der Waals surface area contributed by atoms with E-state index in [0.717, 1.165) is 32.4 Å². The molecule has 1 aliphatic heterocycles. The first-order valence-electron chi connectivity index (χ1n) is 7.68. The maximum absolute atomic E-state index is 12.8. The monoisotopic (exact) mass is 293 g/mol. The highest BCUT2D eigenvalue weighted by atomic mass is 35.5. The van der Waals surface area contributed by atoms with Gasteiger partial charge in [0.2, 0.25) is 0 Å². The first-order valence-corrected chi connectivity index (χ1v) is 7.68. The maximum Gasteiger partial charge on any atom is 0.157 e. The van der Waals surface area contributed by atoms with Crippen LogP contribution in [0.25, 0.3) is 0 Å². The Morgan fingerprint density at radius 3 is 2.25 bits per heavy atom. The molecule has 0 amide bonds. The number of ketones is 1. The molecule has 3 rings (SSSR count). The lowest BCUT2D eigenvalue weighted by molar-refractivity contribution is -0.136. The molecule has 1 aromatic rings. The Kier molecular flexibility index (Phi) is 5.22. The van der Waals surface area contributed by atoms with Crippen LogP contribution in [0.4, 0.5) is 0 Å². The first kappa shape index (κ1) is 15.5. The zero-order chi connectivity index (χ0) is 13.1. The van der Waals surface area contributed by atoms with Gasteiger partial charge in [-0.1, -0.05) is 43.2 Å². The lowest BCUT2D eigenvalue weighted by atomic mass is 9.73. The van der Waals surface area contributed by atoms with Gasteiger partial charge in [-0.2, -0.15) is 0 Å². The summed E-state index contributed by atoms with van der Waals surface area (Å²) in [6.07, 6.45) is 7.80. The average Bonchev–Trinajstić information content (AvgIpc) is 2.50. The molecule has 2 fully saturated rings. The smallest absolute Gasteiger partial charge is 0.157 e. The molecule has 2 nitrogen and oxygen atoms in total. The molecule has 0 unspecified atom stereocenters. The standard InChI is InChI=1S/C17H23NO.ClH/c19-16-11-5-6-12-17(16,15-9-3-1-4-10-15)18-13-7-2-8-14-18;/h1,3-4,9-10H,2,5-8,11-14H2;1H/t17-;/m1./s1. The van der Waals surface area contributed by atoms with Gasteiger partial charge in [-0.15, -0.1) is 12.4 Å². The highest BCUT2D eigenvalue weighted by Crippen LogP contribution is 2.41. The predicted octanol–water partition coefficient (Wildman–Crippen LogP) is 3.93. The Morgan fingerprint density at radius 1 is 0.900 bits per heavy atom. The van der Waals surface area contributed by atoms with E-state index in [0.29, 0.717) is 5.78 Å². The fourth-order valence-electron chi connectivity index (χ4n) is 3.82. The minimum atomic E-state index is -0.306. The van der Waals surface area contributed by atoms with Crippen LogP contribution in [0, 0.1) is 0 Å². The molecule has 0 spiro atoms. The van der Waals surface area contributed by atoms with Gasteiger partial charge >= 0.3 is 0 Å². The van der Waals surface area contributed by atoms with E-state index in [1.54, 1.807) is 0 Å². The van der Waals surface area contributed by atoms with Gasteiger partial charge in [0.1, 0.15) is 5.54 Å². The molecule has 0 aromatic heterocycles. The number of likely N-dealkylation sites (tertiary alicyclic amines) is 1. The Hall–Kier alpha value is -0.860. The van der Waals surface area contributed by atoms with Crippen LogP contribution in [-0.2, 0) is 10.3 Å². The predicted molar refractivity (Wildman–Crippen MR) is 84.3 cm³/mol. The van der Waals surface area contributed by atoms with E-state index in [4.69, 9.17) is 0 Å². The summed E-state index contributed by atoms with van der Waals surface area (Å²) in [7, 11) is 0. The lowest BCUT2D eigenvalue weighted by Crippen LogP contribution is -2.55. The Labute approximate surface area is 128 Å². The molecular formula is C17H24ClNO. The van der Waals surface area contributed by atoms with Gasteiger partial charge in [-0.25, -0.2) is 0 Å². The van der Waals surface area contributed by atoms with Crippen LogP contribution in [0.1, 0.15) is 50.5 Å². The van der Waals surface area contributed by atoms with Crippen molar-refractivity contribution in [1.29, 1.82) is 0 Å². The quantitative estimate of drug-likeness (QED) is 0.823. The summed E-state index contributed by atoms with van der Waals surface area (Å²) in [5.74, 6) is 0.451. The van der Waals surface area contributed by atoms with Gasteiger partial charge in [-0.05, 0) is 44.3 Å². The second-order valence-corrected chi connectivity index (χ2v) is 5.90. The maximum atomic E-state index is 12.8. The number of carbonyl (C=O) groups excluding carboxylic acids is 1. The van der Waals surface area contributed by atoms with Crippen molar-refractivity contribution in [2.75, 3.05) is 13.1 Å². The summed E-state index contributed by atoms with van der Waals surface area (Å²) in [6.45, 7) is 2.17. The van der Waals surface area contributed by atoms with E-state index in [1.807, 2.05) is 6.07 Å². The fourth-order valence-corrected chi connectivity index (χ4v) is 3.82. The highest BCUT2D eigenvalue weighted by Gasteiger charge is 2.46. The van der Waals surface area contributed by atoms with Crippen LogP contribution in [-0.4, -0.2) is 23.8 Å². The van der Waals surface area contributed by atoms with Crippen molar-refractivity contribution in [3.05, 3.63) is 35.9 Å². The van der Waals surface area contributed by atoms with Gasteiger partial charge in [0.05, 0.1) is 0 Å². The summed E-state index contributed by atoms with van der Waals surface area (Å²) in [5.41, 5.74) is 0.918. The minimum Gasteiger partial charge on any atom is -0.297 e. The highest BCUT2D eigenvalue weighted by molar-refractivity contribution is 5.90. The number of piperidine rings is 1. The van der Waals surface area contributed by atoms with Crippen molar-refractivity contribution < 1.29 is 4.79 Å². The number of nitrogens with zero attached hydrogens (tertiary/aromatic N) is 1. The molecule has 1 aliphatic carbocycles. The Balaban J connectivity index is 0.00000147. The number of halogens is 1. The van der Waals surface area contributed by atoms with Crippen LogP contribution in [0.3, 0.4) is 0 Å². The first-order chi connectivity index (χ1) is 9.34. The van der Waals surface area contributed by atoms with E-state index in [1.165, 1.54) is 31.2 Å². The van der Waals surface area contributed by atoms with Crippen molar-refractivity contribution in [1.82, 2.24) is 4.90 Å². The van der Waals surface area contributed by atoms with Crippen molar-refractivity contribution in [2.24, 2.45) is 0 Å². The molecule has 0 N–H and O–H groups in total. The number of benzene rings is 1. The van der Waals surface area contributed by atoms with E-state index in [2.05, 4.69) is 29.2 Å². The molecule has 1 aromatic carbocycles. The van der Waals surface area contributed by atoms with Crippen LogP contribution >= 0.6 is 12.4 Å². The molecular weight excluding hydrogens is 270 g/mol. The van der Waals surface area contributed by atoms with Crippen LogP contribution in [0.2, 0.25) is 0 Å². The van der Waals surface area contributed by atoms with E-state index < -0.39 is 0 Å². The SMILES string of the molecule is Cl.O=C1CCCC[C@]1(c1ccccc1)N1CCCCC1. The summed E-state index contributed by atoms with van der Waals surface area (Å²) in [5, 5.41) is 0. The number of hydrogen-bond acceptors (Lipinski definition) is 2. The molecule has 0 bridgehead atoms. The third-order valence-electron chi connectivity index (χ3n) is 4.80. The number of carbonyl (C=O) groups is 1. The van der Waals surface area contributed by atoms with Crippen molar-refractivity contribution in [3.63, 3.8) is 0 Å². The average molecular weight is 294 g/mol. The third kappa shape index (κ3) is 2.64.